The minimum Gasteiger partial charge on any atom is -0.377 e. The van der Waals surface area contributed by atoms with Gasteiger partial charge in [-0.15, -0.1) is 0 Å². The predicted molar refractivity (Wildman–Crippen MR) is 109 cm³/mol. The summed E-state index contributed by atoms with van der Waals surface area (Å²) < 4.78 is 48.3. The summed E-state index contributed by atoms with van der Waals surface area (Å²) in [6.07, 6.45) is -3.60. The van der Waals surface area contributed by atoms with Gasteiger partial charge in [-0.3, -0.25) is 14.2 Å². The molecule has 4 rings (SSSR count). The van der Waals surface area contributed by atoms with Crippen LogP contribution < -0.4 is 20.7 Å². The van der Waals surface area contributed by atoms with Gasteiger partial charge in [0.2, 0.25) is 5.95 Å². The maximum atomic E-state index is 13.9. The van der Waals surface area contributed by atoms with Gasteiger partial charge in [0.15, 0.2) is 5.78 Å². The van der Waals surface area contributed by atoms with E-state index in [4.69, 9.17) is 4.74 Å². The largest absolute Gasteiger partial charge is 0.408 e. The number of anilines is 2. The second kappa shape index (κ2) is 8.78. The van der Waals surface area contributed by atoms with Crippen LogP contribution in [-0.2, 0) is 16.1 Å². The molecule has 0 aliphatic carbocycles. The third-order valence-electron chi connectivity index (χ3n) is 6.39. The molecular formula is C20H28F3N5O3. The van der Waals surface area contributed by atoms with Gasteiger partial charge in [-0.25, -0.2) is 0 Å². The Bertz CT molecular complexity index is 869. The van der Waals surface area contributed by atoms with Crippen molar-refractivity contribution >= 4 is 17.5 Å². The van der Waals surface area contributed by atoms with E-state index in [0.717, 1.165) is 4.90 Å². The van der Waals surface area contributed by atoms with Crippen LogP contribution in [0.3, 0.4) is 0 Å². The first-order valence-electron chi connectivity index (χ1n) is 10.8. The van der Waals surface area contributed by atoms with Crippen molar-refractivity contribution in [1.29, 1.82) is 0 Å². The fourth-order valence-electron chi connectivity index (χ4n) is 4.63. The third-order valence-corrected chi connectivity index (χ3v) is 6.39. The van der Waals surface area contributed by atoms with Crippen LogP contribution in [0, 0.1) is 5.92 Å². The van der Waals surface area contributed by atoms with Crippen LogP contribution in [0.1, 0.15) is 26.2 Å². The molecule has 0 radical (unpaired) electrons. The van der Waals surface area contributed by atoms with Gasteiger partial charge in [0.05, 0.1) is 25.8 Å². The lowest BCUT2D eigenvalue weighted by molar-refractivity contribution is -0.153. The number of rotatable bonds is 4. The molecule has 2 saturated heterocycles. The normalized spacial score (nSPS) is 25.4. The maximum Gasteiger partial charge on any atom is 0.408 e. The van der Waals surface area contributed by atoms with E-state index in [1.807, 2.05) is 11.8 Å². The standard InChI is InChI=1S/C20H28F3N5O3/c1-13-12-31-9-8-26(13)17-10-18(30)27-7-4-16(20(21,22)23)28(19(27)25-17)11-15(29)14-2-5-24-6-3-14/h10,13-14,16,24H,2-9,11-12H2,1H3/t13-,16+/m1/s1. The van der Waals surface area contributed by atoms with E-state index >= 15 is 0 Å². The number of Topliss-reactive ketones (excluding diaryl/α,β-unsaturated/α-hetero) is 1. The Morgan fingerprint density at radius 3 is 2.68 bits per heavy atom. The van der Waals surface area contributed by atoms with Crippen molar-refractivity contribution in [2.24, 2.45) is 5.92 Å². The zero-order valence-electron chi connectivity index (χ0n) is 17.5. The minimum atomic E-state index is -4.53. The van der Waals surface area contributed by atoms with Crippen LogP contribution in [0.4, 0.5) is 24.9 Å². The van der Waals surface area contributed by atoms with Crippen molar-refractivity contribution in [3.63, 3.8) is 0 Å². The molecule has 0 unspecified atom stereocenters. The number of carbonyl (C=O) groups excluding carboxylic acids is 1. The highest BCUT2D eigenvalue weighted by molar-refractivity contribution is 5.85. The number of hydrogen-bond acceptors (Lipinski definition) is 7. The zero-order valence-corrected chi connectivity index (χ0v) is 17.5. The van der Waals surface area contributed by atoms with Crippen molar-refractivity contribution in [1.82, 2.24) is 14.9 Å². The number of nitrogens with one attached hydrogen (secondary N) is 1. The number of fused-ring (bicyclic) bond motifs is 1. The van der Waals surface area contributed by atoms with Crippen molar-refractivity contribution < 1.29 is 22.7 Å². The Balaban J connectivity index is 1.70. The number of ketones is 1. The van der Waals surface area contributed by atoms with Gasteiger partial charge in [0.25, 0.3) is 5.56 Å². The molecule has 3 aliphatic heterocycles. The molecule has 11 heteroatoms. The number of nitrogens with zero attached hydrogens (tertiary/aromatic N) is 4. The smallest absolute Gasteiger partial charge is 0.377 e. The molecule has 3 aliphatic rings. The van der Waals surface area contributed by atoms with E-state index in [9.17, 15) is 22.8 Å². The van der Waals surface area contributed by atoms with Gasteiger partial charge in [0, 0.05) is 25.1 Å². The molecule has 1 aromatic heterocycles. The Morgan fingerprint density at radius 2 is 2.00 bits per heavy atom. The SMILES string of the molecule is C[C@@H]1COCCN1c1cc(=O)n2c(n1)N(CC(=O)C1CCNCC1)[C@H](C(F)(F)F)CC2. The first kappa shape index (κ1) is 22.1. The summed E-state index contributed by atoms with van der Waals surface area (Å²) >= 11 is 0. The molecule has 1 aromatic rings. The van der Waals surface area contributed by atoms with Crippen molar-refractivity contribution in [3.8, 4) is 0 Å². The molecule has 0 saturated carbocycles. The Labute approximate surface area is 178 Å². The van der Waals surface area contributed by atoms with Crippen LogP contribution in [-0.4, -0.2) is 73.0 Å². The lowest BCUT2D eigenvalue weighted by Crippen LogP contribution is -2.55. The lowest BCUT2D eigenvalue weighted by Gasteiger charge is -2.40. The van der Waals surface area contributed by atoms with E-state index in [0.29, 0.717) is 51.5 Å². The highest BCUT2D eigenvalue weighted by Crippen LogP contribution is 2.35. The number of aromatic nitrogens is 2. The van der Waals surface area contributed by atoms with E-state index < -0.39 is 24.3 Å². The van der Waals surface area contributed by atoms with Crippen LogP contribution in [0.5, 0.6) is 0 Å². The van der Waals surface area contributed by atoms with Gasteiger partial charge in [0.1, 0.15) is 11.9 Å². The number of alkyl halides is 3. The molecular weight excluding hydrogens is 415 g/mol. The molecule has 0 aromatic carbocycles. The highest BCUT2D eigenvalue weighted by atomic mass is 19.4. The summed E-state index contributed by atoms with van der Waals surface area (Å²) in [5.74, 6) is -0.255. The molecule has 172 valence electrons. The van der Waals surface area contributed by atoms with Gasteiger partial charge in [-0.05, 0) is 39.3 Å². The number of morpholine rings is 1. The summed E-state index contributed by atoms with van der Waals surface area (Å²) in [4.78, 5) is 33.0. The number of carbonyl (C=O) groups is 1. The molecule has 31 heavy (non-hydrogen) atoms. The van der Waals surface area contributed by atoms with Crippen LogP contribution in [0.15, 0.2) is 10.9 Å². The highest BCUT2D eigenvalue weighted by Gasteiger charge is 2.47. The van der Waals surface area contributed by atoms with Gasteiger partial charge >= 0.3 is 6.18 Å². The zero-order chi connectivity index (χ0) is 22.2. The second-order valence-corrected chi connectivity index (χ2v) is 8.49. The molecule has 4 heterocycles. The summed E-state index contributed by atoms with van der Waals surface area (Å²) in [6.45, 7) is 4.17. The second-order valence-electron chi connectivity index (χ2n) is 8.49. The molecule has 1 N–H and O–H groups in total. The van der Waals surface area contributed by atoms with E-state index in [1.165, 1.54) is 10.6 Å². The van der Waals surface area contributed by atoms with Crippen molar-refractivity contribution in [3.05, 3.63) is 16.4 Å². The fourth-order valence-corrected chi connectivity index (χ4v) is 4.63. The molecule has 2 fully saturated rings. The van der Waals surface area contributed by atoms with E-state index in [1.54, 1.807) is 0 Å². The van der Waals surface area contributed by atoms with E-state index in [-0.39, 0.29) is 36.7 Å². The molecule has 0 spiro atoms. The first-order valence-corrected chi connectivity index (χ1v) is 10.8. The molecule has 8 nitrogen and oxygen atoms in total. The molecule has 2 atom stereocenters. The molecule has 0 bridgehead atoms. The van der Waals surface area contributed by atoms with Crippen LogP contribution >= 0.6 is 0 Å². The summed E-state index contributed by atoms with van der Waals surface area (Å²) in [7, 11) is 0. The summed E-state index contributed by atoms with van der Waals surface area (Å²) in [6, 6.07) is -0.538. The number of piperidine rings is 1. The Hall–Kier alpha value is -2.14. The Kier molecular flexibility index (Phi) is 6.25. The van der Waals surface area contributed by atoms with Gasteiger partial charge in [-0.2, -0.15) is 18.2 Å². The average molecular weight is 443 g/mol. The average Bonchev–Trinajstić information content (AvgIpc) is 2.74. The number of halogens is 3. The minimum absolute atomic E-state index is 0.0597. The predicted octanol–water partition coefficient (Wildman–Crippen LogP) is 1.18. The van der Waals surface area contributed by atoms with E-state index in [2.05, 4.69) is 10.3 Å². The Morgan fingerprint density at radius 1 is 1.26 bits per heavy atom. The topological polar surface area (TPSA) is 79.7 Å². The summed E-state index contributed by atoms with van der Waals surface area (Å²) in [5.41, 5.74) is -0.404. The van der Waals surface area contributed by atoms with Crippen molar-refractivity contribution in [2.75, 3.05) is 49.2 Å². The first-order chi connectivity index (χ1) is 14.8. The van der Waals surface area contributed by atoms with Crippen LogP contribution in [0.25, 0.3) is 0 Å². The molecule has 0 amide bonds. The van der Waals surface area contributed by atoms with Gasteiger partial charge in [-0.1, -0.05) is 0 Å². The lowest BCUT2D eigenvalue weighted by atomic mass is 9.93. The number of ether oxygens (including phenoxy) is 1. The summed E-state index contributed by atoms with van der Waals surface area (Å²) in [5, 5.41) is 3.16. The number of hydrogen-bond donors (Lipinski definition) is 1. The maximum absolute atomic E-state index is 13.9. The third kappa shape index (κ3) is 4.57. The quantitative estimate of drug-likeness (QED) is 0.749. The monoisotopic (exact) mass is 443 g/mol. The van der Waals surface area contributed by atoms with Crippen LogP contribution in [0.2, 0.25) is 0 Å². The fraction of sp³-hybridized carbons (Fsp3) is 0.750. The van der Waals surface area contributed by atoms with Crippen molar-refractivity contribution in [2.45, 2.75) is 51.0 Å². The van der Waals surface area contributed by atoms with Gasteiger partial charge < -0.3 is 19.9 Å².